The van der Waals surface area contributed by atoms with E-state index in [1.807, 2.05) is 28.5 Å². The molecule has 1 atom stereocenters. The van der Waals surface area contributed by atoms with Crippen molar-refractivity contribution in [3.05, 3.63) is 35.5 Å². The van der Waals surface area contributed by atoms with Gasteiger partial charge >= 0.3 is 0 Å². The van der Waals surface area contributed by atoms with Crippen molar-refractivity contribution in [2.75, 3.05) is 6.54 Å². The maximum Gasteiger partial charge on any atom is 0.228 e. The average molecular weight is 331 g/mol. The van der Waals surface area contributed by atoms with Crippen molar-refractivity contribution in [2.24, 2.45) is 0 Å². The molecule has 4 nitrogen and oxygen atoms in total. The molecule has 1 amide bonds. The predicted octanol–water partition coefficient (Wildman–Crippen LogP) is 4.17. The van der Waals surface area contributed by atoms with Crippen LogP contribution in [0.3, 0.4) is 0 Å². The summed E-state index contributed by atoms with van der Waals surface area (Å²) in [4.78, 5) is 23.5. The number of unbranched alkanes of at least 4 members (excludes halogenated alkanes) is 1. The van der Waals surface area contributed by atoms with E-state index in [1.54, 1.807) is 17.5 Å². The molecule has 0 fully saturated rings. The fourth-order valence-electron chi connectivity index (χ4n) is 2.39. The SMILES string of the molecule is CCCCN(C(=O)Cc1csc(-c2ccccn2)n1)C(C)CC. The molecule has 0 saturated carbocycles. The molecule has 0 aliphatic rings. The summed E-state index contributed by atoms with van der Waals surface area (Å²) >= 11 is 1.54. The first-order chi connectivity index (χ1) is 11.2. The summed E-state index contributed by atoms with van der Waals surface area (Å²) in [7, 11) is 0. The number of hydrogen-bond acceptors (Lipinski definition) is 4. The van der Waals surface area contributed by atoms with E-state index >= 15 is 0 Å². The Kier molecular flexibility index (Phi) is 6.71. The summed E-state index contributed by atoms with van der Waals surface area (Å²) in [6.07, 6.45) is 5.26. The summed E-state index contributed by atoms with van der Waals surface area (Å²) in [5, 5.41) is 2.84. The van der Waals surface area contributed by atoms with Gasteiger partial charge in [0.05, 0.1) is 17.8 Å². The molecular weight excluding hydrogens is 306 g/mol. The molecule has 0 radical (unpaired) electrons. The number of rotatable bonds is 8. The van der Waals surface area contributed by atoms with Crippen molar-refractivity contribution >= 4 is 17.2 Å². The summed E-state index contributed by atoms with van der Waals surface area (Å²) in [6.45, 7) is 7.23. The molecule has 0 aromatic carbocycles. The van der Waals surface area contributed by atoms with E-state index in [9.17, 15) is 4.79 Å². The van der Waals surface area contributed by atoms with Crippen LogP contribution >= 0.6 is 11.3 Å². The Balaban J connectivity index is 2.05. The maximum absolute atomic E-state index is 12.6. The number of carbonyl (C=O) groups excluding carboxylic acids is 1. The number of nitrogens with zero attached hydrogens (tertiary/aromatic N) is 3. The highest BCUT2D eigenvalue weighted by atomic mass is 32.1. The van der Waals surface area contributed by atoms with Gasteiger partial charge in [-0.25, -0.2) is 4.98 Å². The Labute approximate surface area is 142 Å². The van der Waals surface area contributed by atoms with Gasteiger partial charge in [0.1, 0.15) is 5.01 Å². The van der Waals surface area contributed by atoms with Gasteiger partial charge in [-0.05, 0) is 31.9 Å². The van der Waals surface area contributed by atoms with Crippen molar-refractivity contribution < 1.29 is 4.79 Å². The summed E-state index contributed by atoms with van der Waals surface area (Å²) in [5.74, 6) is 0.172. The van der Waals surface area contributed by atoms with Gasteiger partial charge < -0.3 is 4.90 Å². The molecule has 0 N–H and O–H groups in total. The van der Waals surface area contributed by atoms with E-state index in [2.05, 4.69) is 30.7 Å². The lowest BCUT2D eigenvalue weighted by molar-refractivity contribution is -0.132. The number of carbonyl (C=O) groups is 1. The number of hydrogen-bond donors (Lipinski definition) is 0. The fourth-order valence-corrected chi connectivity index (χ4v) is 3.19. The molecule has 5 heteroatoms. The normalized spacial score (nSPS) is 12.1. The molecule has 0 aliphatic carbocycles. The summed E-state index contributed by atoms with van der Waals surface area (Å²) in [6, 6.07) is 6.06. The highest BCUT2D eigenvalue weighted by Gasteiger charge is 2.19. The quantitative estimate of drug-likeness (QED) is 0.729. The van der Waals surface area contributed by atoms with Gasteiger partial charge in [0.25, 0.3) is 0 Å². The third kappa shape index (κ3) is 4.86. The molecule has 0 spiro atoms. The van der Waals surface area contributed by atoms with Crippen LogP contribution in [-0.4, -0.2) is 33.4 Å². The van der Waals surface area contributed by atoms with Crippen molar-refractivity contribution in [3.63, 3.8) is 0 Å². The van der Waals surface area contributed by atoms with Crippen molar-refractivity contribution in [1.29, 1.82) is 0 Å². The highest BCUT2D eigenvalue weighted by molar-refractivity contribution is 7.13. The van der Waals surface area contributed by atoms with Gasteiger partial charge in [-0.15, -0.1) is 11.3 Å². The van der Waals surface area contributed by atoms with E-state index in [4.69, 9.17) is 0 Å². The lowest BCUT2D eigenvalue weighted by Crippen LogP contribution is -2.40. The molecule has 2 heterocycles. The second kappa shape index (κ2) is 8.77. The number of thiazole rings is 1. The molecule has 0 aliphatic heterocycles. The predicted molar refractivity (Wildman–Crippen MR) is 95.4 cm³/mol. The molecule has 1 unspecified atom stereocenters. The average Bonchev–Trinajstić information content (AvgIpc) is 3.04. The molecule has 2 aromatic rings. The van der Waals surface area contributed by atoms with Gasteiger partial charge in [-0.2, -0.15) is 0 Å². The summed E-state index contributed by atoms with van der Waals surface area (Å²) in [5.41, 5.74) is 1.70. The summed E-state index contributed by atoms with van der Waals surface area (Å²) < 4.78 is 0. The van der Waals surface area contributed by atoms with Crippen LogP contribution in [-0.2, 0) is 11.2 Å². The van der Waals surface area contributed by atoms with Crippen LogP contribution in [0.5, 0.6) is 0 Å². The van der Waals surface area contributed by atoms with Crippen LogP contribution in [0, 0.1) is 0 Å². The van der Waals surface area contributed by atoms with Gasteiger partial charge in [0.2, 0.25) is 5.91 Å². The molecule has 2 aromatic heterocycles. The minimum atomic E-state index is 0.172. The first kappa shape index (κ1) is 17.6. The monoisotopic (exact) mass is 331 g/mol. The smallest absolute Gasteiger partial charge is 0.228 e. The van der Waals surface area contributed by atoms with Crippen LogP contribution in [0.25, 0.3) is 10.7 Å². The fraction of sp³-hybridized carbons (Fsp3) is 0.500. The largest absolute Gasteiger partial charge is 0.340 e. The molecular formula is C18H25N3OS. The zero-order chi connectivity index (χ0) is 16.7. The molecule has 124 valence electrons. The van der Waals surface area contributed by atoms with Gasteiger partial charge in [-0.1, -0.05) is 26.3 Å². The molecule has 2 rings (SSSR count). The standard InChI is InChI=1S/C18H25N3OS/c1-4-6-11-21(14(3)5-2)17(22)12-15-13-23-18(20-15)16-9-7-8-10-19-16/h7-10,13-14H,4-6,11-12H2,1-3H3. The van der Waals surface area contributed by atoms with Crippen LogP contribution in [0.1, 0.15) is 45.7 Å². The van der Waals surface area contributed by atoms with Crippen LogP contribution in [0.15, 0.2) is 29.8 Å². The van der Waals surface area contributed by atoms with E-state index in [0.717, 1.165) is 42.2 Å². The second-order valence-corrected chi connectivity index (χ2v) is 6.59. The topological polar surface area (TPSA) is 46.1 Å². The zero-order valence-electron chi connectivity index (χ0n) is 14.2. The van der Waals surface area contributed by atoms with Crippen molar-refractivity contribution in [3.8, 4) is 10.7 Å². The molecule has 0 bridgehead atoms. The highest BCUT2D eigenvalue weighted by Crippen LogP contribution is 2.22. The van der Waals surface area contributed by atoms with E-state index in [1.165, 1.54) is 0 Å². The van der Waals surface area contributed by atoms with Crippen LogP contribution in [0.4, 0.5) is 0 Å². The zero-order valence-corrected chi connectivity index (χ0v) is 15.0. The lowest BCUT2D eigenvalue weighted by atomic mass is 10.1. The minimum absolute atomic E-state index is 0.172. The third-order valence-corrected chi connectivity index (χ3v) is 4.88. The first-order valence-corrected chi connectivity index (χ1v) is 9.18. The van der Waals surface area contributed by atoms with Crippen LogP contribution in [0.2, 0.25) is 0 Å². The maximum atomic E-state index is 12.6. The van der Waals surface area contributed by atoms with Gasteiger partial charge in [-0.3, -0.25) is 9.78 Å². The second-order valence-electron chi connectivity index (χ2n) is 5.73. The lowest BCUT2D eigenvalue weighted by Gasteiger charge is -2.28. The molecule has 0 saturated heterocycles. The van der Waals surface area contributed by atoms with E-state index in [-0.39, 0.29) is 11.9 Å². The first-order valence-electron chi connectivity index (χ1n) is 8.31. The number of pyridine rings is 1. The Morgan fingerprint density at radius 1 is 1.35 bits per heavy atom. The van der Waals surface area contributed by atoms with Crippen molar-refractivity contribution in [2.45, 2.75) is 52.5 Å². The van der Waals surface area contributed by atoms with Crippen LogP contribution < -0.4 is 0 Å². The Bertz CT molecular complexity index is 612. The Morgan fingerprint density at radius 2 is 2.17 bits per heavy atom. The van der Waals surface area contributed by atoms with Crippen molar-refractivity contribution in [1.82, 2.24) is 14.9 Å². The van der Waals surface area contributed by atoms with E-state index < -0.39 is 0 Å². The Hall–Kier alpha value is -1.75. The molecule has 23 heavy (non-hydrogen) atoms. The Morgan fingerprint density at radius 3 is 2.83 bits per heavy atom. The number of aromatic nitrogens is 2. The van der Waals surface area contributed by atoms with Gasteiger partial charge in [0.15, 0.2) is 0 Å². The van der Waals surface area contributed by atoms with Gasteiger partial charge in [0, 0.05) is 24.2 Å². The third-order valence-electron chi connectivity index (χ3n) is 3.96. The van der Waals surface area contributed by atoms with E-state index in [0.29, 0.717) is 6.42 Å². The number of amides is 1. The minimum Gasteiger partial charge on any atom is -0.340 e.